The number of halogens is 1. The molecule has 0 aromatic heterocycles. The SMILES string of the molecule is C[C@@]1(Cl)Cc2ccccc2N2C(=O)CC[C@@H]2C1. The van der Waals surface area contributed by atoms with Crippen LogP contribution < -0.4 is 4.90 Å². The van der Waals surface area contributed by atoms with Gasteiger partial charge in [0, 0.05) is 23.0 Å². The van der Waals surface area contributed by atoms with E-state index in [0.29, 0.717) is 6.42 Å². The molecule has 2 atom stereocenters. The first-order chi connectivity index (χ1) is 8.07. The van der Waals surface area contributed by atoms with Crippen molar-refractivity contribution in [2.24, 2.45) is 0 Å². The first-order valence-electron chi connectivity index (χ1n) is 6.16. The second kappa shape index (κ2) is 3.74. The second-order valence-corrected chi connectivity index (χ2v) is 6.29. The van der Waals surface area contributed by atoms with E-state index in [1.54, 1.807) is 0 Å². The topological polar surface area (TPSA) is 20.3 Å². The Hall–Kier alpha value is -1.02. The van der Waals surface area contributed by atoms with E-state index in [4.69, 9.17) is 11.6 Å². The molecule has 2 aliphatic rings. The van der Waals surface area contributed by atoms with Crippen molar-refractivity contribution in [2.45, 2.75) is 43.5 Å². The van der Waals surface area contributed by atoms with E-state index in [9.17, 15) is 4.79 Å². The molecule has 0 unspecified atom stereocenters. The van der Waals surface area contributed by atoms with Gasteiger partial charge < -0.3 is 4.90 Å². The molecule has 1 fully saturated rings. The molecule has 3 heteroatoms. The second-order valence-electron chi connectivity index (χ2n) is 5.38. The van der Waals surface area contributed by atoms with E-state index >= 15 is 0 Å². The molecule has 3 rings (SSSR count). The number of carbonyl (C=O) groups is 1. The smallest absolute Gasteiger partial charge is 0.227 e. The lowest BCUT2D eigenvalue weighted by atomic mass is 9.94. The number of rotatable bonds is 0. The summed E-state index contributed by atoms with van der Waals surface area (Å²) in [6.45, 7) is 2.08. The molecule has 0 N–H and O–H groups in total. The van der Waals surface area contributed by atoms with Crippen LogP contribution >= 0.6 is 11.6 Å². The summed E-state index contributed by atoms with van der Waals surface area (Å²) in [7, 11) is 0. The van der Waals surface area contributed by atoms with Gasteiger partial charge in [0.05, 0.1) is 0 Å². The van der Waals surface area contributed by atoms with Crippen LogP contribution in [0.25, 0.3) is 0 Å². The van der Waals surface area contributed by atoms with Crippen LogP contribution in [0.4, 0.5) is 5.69 Å². The number of fused-ring (bicyclic) bond motifs is 3. The zero-order valence-electron chi connectivity index (χ0n) is 9.95. The Morgan fingerprint density at radius 3 is 3.00 bits per heavy atom. The van der Waals surface area contributed by atoms with Crippen LogP contribution in [0, 0.1) is 0 Å². The number of para-hydroxylation sites is 1. The third-order valence-corrected chi connectivity index (χ3v) is 4.08. The number of anilines is 1. The highest BCUT2D eigenvalue weighted by molar-refractivity contribution is 6.24. The number of alkyl halides is 1. The Labute approximate surface area is 107 Å². The summed E-state index contributed by atoms with van der Waals surface area (Å²) in [6.07, 6.45) is 3.32. The summed E-state index contributed by atoms with van der Waals surface area (Å²) in [4.78, 5) is 13.8. The zero-order chi connectivity index (χ0) is 12.0. The summed E-state index contributed by atoms with van der Waals surface area (Å²) < 4.78 is 0. The molecule has 0 spiro atoms. The molecule has 90 valence electrons. The van der Waals surface area contributed by atoms with E-state index in [2.05, 4.69) is 13.0 Å². The first-order valence-corrected chi connectivity index (χ1v) is 6.53. The third-order valence-electron chi connectivity index (χ3n) is 3.80. The van der Waals surface area contributed by atoms with Crippen molar-refractivity contribution >= 4 is 23.2 Å². The average molecular weight is 250 g/mol. The maximum atomic E-state index is 12.0. The van der Waals surface area contributed by atoms with Gasteiger partial charge in [-0.1, -0.05) is 18.2 Å². The minimum Gasteiger partial charge on any atom is -0.309 e. The van der Waals surface area contributed by atoms with Crippen LogP contribution in [-0.4, -0.2) is 16.8 Å². The maximum absolute atomic E-state index is 12.0. The minimum absolute atomic E-state index is 0.236. The molecule has 0 radical (unpaired) electrons. The fourth-order valence-electron chi connectivity index (χ4n) is 3.12. The molecule has 1 amide bonds. The monoisotopic (exact) mass is 249 g/mol. The Morgan fingerprint density at radius 2 is 2.18 bits per heavy atom. The molecule has 17 heavy (non-hydrogen) atoms. The van der Waals surface area contributed by atoms with E-state index in [-0.39, 0.29) is 16.8 Å². The van der Waals surface area contributed by atoms with E-state index in [1.165, 1.54) is 5.56 Å². The molecule has 2 heterocycles. The number of hydrogen-bond acceptors (Lipinski definition) is 1. The normalized spacial score (nSPS) is 32.0. The largest absolute Gasteiger partial charge is 0.309 e. The van der Waals surface area contributed by atoms with Crippen molar-refractivity contribution in [1.29, 1.82) is 0 Å². The highest BCUT2D eigenvalue weighted by atomic mass is 35.5. The van der Waals surface area contributed by atoms with Gasteiger partial charge in [-0.2, -0.15) is 0 Å². The standard InChI is InChI=1S/C14H16ClNO/c1-14(15)8-10-4-2-3-5-12(10)16-11(9-14)6-7-13(16)17/h2-5,11H,6-9H2,1H3/t11-,14-/m1/s1. The average Bonchev–Trinajstić information content (AvgIpc) is 2.55. The van der Waals surface area contributed by atoms with Crippen molar-refractivity contribution in [3.8, 4) is 0 Å². The number of hydrogen-bond donors (Lipinski definition) is 0. The third kappa shape index (κ3) is 1.85. The number of nitrogens with zero attached hydrogens (tertiary/aromatic N) is 1. The van der Waals surface area contributed by atoms with Crippen LogP contribution in [0.3, 0.4) is 0 Å². The van der Waals surface area contributed by atoms with Crippen LogP contribution in [0.15, 0.2) is 24.3 Å². The highest BCUT2D eigenvalue weighted by Crippen LogP contribution is 2.41. The first kappa shape index (κ1) is 11.1. The summed E-state index contributed by atoms with van der Waals surface area (Å²) in [5.74, 6) is 0.247. The van der Waals surface area contributed by atoms with Crippen molar-refractivity contribution in [3.05, 3.63) is 29.8 Å². The number of amides is 1. The fourth-order valence-corrected chi connectivity index (χ4v) is 3.45. The molecule has 2 aliphatic heterocycles. The summed E-state index contributed by atoms with van der Waals surface area (Å²) in [5.41, 5.74) is 2.27. The molecule has 0 aliphatic carbocycles. The Bertz CT molecular complexity index is 469. The van der Waals surface area contributed by atoms with Gasteiger partial charge in [-0.05, 0) is 37.8 Å². The van der Waals surface area contributed by atoms with Gasteiger partial charge >= 0.3 is 0 Å². The van der Waals surface area contributed by atoms with Gasteiger partial charge in [-0.15, -0.1) is 11.6 Å². The van der Waals surface area contributed by atoms with Crippen molar-refractivity contribution in [1.82, 2.24) is 0 Å². The number of benzene rings is 1. The molecule has 1 saturated heterocycles. The fraction of sp³-hybridized carbons (Fsp3) is 0.500. The Kier molecular flexibility index (Phi) is 2.44. The zero-order valence-corrected chi connectivity index (χ0v) is 10.7. The van der Waals surface area contributed by atoms with E-state index in [1.807, 2.05) is 23.1 Å². The molecular formula is C14H16ClNO. The molecule has 1 aromatic rings. The van der Waals surface area contributed by atoms with Gasteiger partial charge in [-0.25, -0.2) is 0 Å². The summed E-state index contributed by atoms with van der Waals surface area (Å²) in [6, 6.07) is 8.44. The molecule has 0 bridgehead atoms. The van der Waals surface area contributed by atoms with Crippen LogP contribution in [-0.2, 0) is 11.2 Å². The Balaban J connectivity index is 2.13. The molecule has 0 saturated carbocycles. The highest BCUT2D eigenvalue weighted by Gasteiger charge is 2.40. The lowest BCUT2D eigenvalue weighted by Gasteiger charge is -2.26. The van der Waals surface area contributed by atoms with Crippen LogP contribution in [0.2, 0.25) is 0 Å². The van der Waals surface area contributed by atoms with Crippen molar-refractivity contribution in [2.75, 3.05) is 4.90 Å². The van der Waals surface area contributed by atoms with Gasteiger partial charge in [0.1, 0.15) is 0 Å². The Morgan fingerprint density at radius 1 is 1.41 bits per heavy atom. The lowest BCUT2D eigenvalue weighted by molar-refractivity contribution is -0.117. The van der Waals surface area contributed by atoms with Gasteiger partial charge in [0.25, 0.3) is 0 Å². The van der Waals surface area contributed by atoms with Crippen molar-refractivity contribution in [3.63, 3.8) is 0 Å². The van der Waals surface area contributed by atoms with Gasteiger partial charge in [-0.3, -0.25) is 4.79 Å². The van der Waals surface area contributed by atoms with Crippen LogP contribution in [0.1, 0.15) is 31.7 Å². The molecular weight excluding hydrogens is 234 g/mol. The number of carbonyl (C=O) groups excluding carboxylic acids is 1. The predicted molar refractivity (Wildman–Crippen MR) is 69.5 cm³/mol. The minimum atomic E-state index is -0.236. The van der Waals surface area contributed by atoms with Gasteiger partial charge in [0.15, 0.2) is 0 Å². The van der Waals surface area contributed by atoms with E-state index < -0.39 is 0 Å². The van der Waals surface area contributed by atoms with Crippen molar-refractivity contribution < 1.29 is 4.79 Å². The predicted octanol–water partition coefficient (Wildman–Crippen LogP) is 3.13. The summed E-state index contributed by atoms with van der Waals surface area (Å²) in [5, 5.41) is 0. The lowest BCUT2D eigenvalue weighted by Crippen LogP contribution is -2.35. The quantitative estimate of drug-likeness (QED) is 0.647. The maximum Gasteiger partial charge on any atom is 0.227 e. The van der Waals surface area contributed by atoms with Gasteiger partial charge in [0.2, 0.25) is 5.91 Å². The molecule has 1 aromatic carbocycles. The van der Waals surface area contributed by atoms with Crippen LogP contribution in [0.5, 0.6) is 0 Å². The van der Waals surface area contributed by atoms with E-state index in [0.717, 1.165) is 24.9 Å². The molecule has 2 nitrogen and oxygen atoms in total. The summed E-state index contributed by atoms with van der Waals surface area (Å²) >= 11 is 6.58.